The van der Waals surface area contributed by atoms with E-state index in [9.17, 15) is 0 Å². The van der Waals surface area contributed by atoms with Gasteiger partial charge >= 0.3 is 0 Å². The first-order valence-electron chi connectivity index (χ1n) is 5.89. The molecule has 0 unspecified atom stereocenters. The fourth-order valence-electron chi connectivity index (χ4n) is 1.87. The number of anilines is 1. The molecule has 0 amide bonds. The molecular formula is C14H23N. The van der Waals surface area contributed by atoms with Crippen LogP contribution < -0.4 is 5.32 Å². The summed E-state index contributed by atoms with van der Waals surface area (Å²) in [4.78, 5) is 0. The van der Waals surface area contributed by atoms with Crippen molar-refractivity contribution in [2.75, 3.05) is 11.9 Å². The van der Waals surface area contributed by atoms with E-state index >= 15 is 0 Å². The molecule has 15 heavy (non-hydrogen) atoms. The standard InChI is InChI=1S/C14H23N/c1-6-7-8-15-14-12(4)10(2)9-11(3)13(14)5/h9,15H,6-8H2,1-5H3. The Morgan fingerprint density at radius 3 is 2.00 bits per heavy atom. The largest absolute Gasteiger partial charge is 0.385 e. The van der Waals surface area contributed by atoms with E-state index in [0.717, 1.165) is 6.54 Å². The van der Waals surface area contributed by atoms with Crippen molar-refractivity contribution in [2.45, 2.75) is 47.5 Å². The molecule has 0 bridgehead atoms. The van der Waals surface area contributed by atoms with Gasteiger partial charge in [0.1, 0.15) is 0 Å². The van der Waals surface area contributed by atoms with E-state index in [1.807, 2.05) is 0 Å². The third kappa shape index (κ3) is 2.74. The molecule has 0 aliphatic rings. The predicted octanol–water partition coefficient (Wildman–Crippen LogP) is 4.13. The Morgan fingerprint density at radius 2 is 1.53 bits per heavy atom. The quantitative estimate of drug-likeness (QED) is 0.729. The van der Waals surface area contributed by atoms with Crippen LogP contribution in [0.3, 0.4) is 0 Å². The third-order valence-corrected chi connectivity index (χ3v) is 3.20. The van der Waals surface area contributed by atoms with E-state index in [2.05, 4.69) is 46.0 Å². The Morgan fingerprint density at radius 1 is 1.00 bits per heavy atom. The Kier molecular flexibility index (Phi) is 4.19. The molecule has 0 aromatic heterocycles. The van der Waals surface area contributed by atoms with Gasteiger partial charge < -0.3 is 5.32 Å². The molecule has 0 saturated heterocycles. The maximum atomic E-state index is 3.56. The van der Waals surface area contributed by atoms with Gasteiger partial charge in [-0.3, -0.25) is 0 Å². The second kappa shape index (κ2) is 5.20. The molecule has 1 rings (SSSR count). The van der Waals surface area contributed by atoms with Crippen molar-refractivity contribution < 1.29 is 0 Å². The van der Waals surface area contributed by atoms with Crippen LogP contribution in [0.1, 0.15) is 42.0 Å². The van der Waals surface area contributed by atoms with E-state index in [0.29, 0.717) is 0 Å². The number of hydrogen-bond acceptors (Lipinski definition) is 1. The smallest absolute Gasteiger partial charge is 0.0404 e. The minimum absolute atomic E-state index is 1.08. The molecule has 1 aromatic carbocycles. The van der Waals surface area contributed by atoms with E-state index in [1.165, 1.54) is 40.8 Å². The van der Waals surface area contributed by atoms with Gasteiger partial charge in [-0.1, -0.05) is 19.4 Å². The number of nitrogens with one attached hydrogen (secondary N) is 1. The third-order valence-electron chi connectivity index (χ3n) is 3.20. The first-order chi connectivity index (χ1) is 7.07. The molecule has 0 heterocycles. The Labute approximate surface area is 93.9 Å². The van der Waals surface area contributed by atoms with Crippen LogP contribution in [0.2, 0.25) is 0 Å². The van der Waals surface area contributed by atoms with Crippen LogP contribution in [0.5, 0.6) is 0 Å². The summed E-state index contributed by atoms with van der Waals surface area (Å²) in [6.07, 6.45) is 2.49. The molecule has 0 radical (unpaired) electrons. The Hall–Kier alpha value is -0.980. The number of unbranched alkanes of at least 4 members (excludes halogenated alkanes) is 1. The zero-order valence-corrected chi connectivity index (χ0v) is 10.7. The van der Waals surface area contributed by atoms with Crippen molar-refractivity contribution in [3.05, 3.63) is 28.3 Å². The summed E-state index contributed by atoms with van der Waals surface area (Å²) in [7, 11) is 0. The fraction of sp³-hybridized carbons (Fsp3) is 0.571. The lowest BCUT2D eigenvalue weighted by Crippen LogP contribution is -2.06. The summed E-state index contributed by atoms with van der Waals surface area (Å²) < 4.78 is 0. The van der Waals surface area contributed by atoms with Crippen LogP contribution in [0.25, 0.3) is 0 Å². The fourth-order valence-corrected chi connectivity index (χ4v) is 1.87. The lowest BCUT2D eigenvalue weighted by atomic mass is 9.98. The summed E-state index contributed by atoms with van der Waals surface area (Å²) in [5.41, 5.74) is 6.92. The van der Waals surface area contributed by atoms with E-state index < -0.39 is 0 Å². The van der Waals surface area contributed by atoms with E-state index in [-0.39, 0.29) is 0 Å². The average Bonchev–Trinajstić information content (AvgIpc) is 2.20. The highest BCUT2D eigenvalue weighted by atomic mass is 14.9. The van der Waals surface area contributed by atoms with Gasteiger partial charge in [-0.05, 0) is 56.4 Å². The SMILES string of the molecule is CCCCNc1c(C)c(C)cc(C)c1C. The maximum absolute atomic E-state index is 3.56. The lowest BCUT2D eigenvalue weighted by Gasteiger charge is -2.16. The maximum Gasteiger partial charge on any atom is 0.0404 e. The molecule has 0 aliphatic carbocycles. The molecule has 0 saturated carbocycles. The van der Waals surface area contributed by atoms with Gasteiger partial charge in [0, 0.05) is 12.2 Å². The van der Waals surface area contributed by atoms with Gasteiger partial charge in [0.2, 0.25) is 0 Å². The summed E-state index contributed by atoms with van der Waals surface area (Å²) in [6.45, 7) is 12.1. The number of aryl methyl sites for hydroxylation is 2. The first kappa shape index (κ1) is 12.1. The highest BCUT2D eigenvalue weighted by Crippen LogP contribution is 2.26. The average molecular weight is 205 g/mol. The highest BCUT2D eigenvalue weighted by molar-refractivity contribution is 5.62. The van der Waals surface area contributed by atoms with Gasteiger partial charge in [-0.25, -0.2) is 0 Å². The van der Waals surface area contributed by atoms with Crippen LogP contribution in [-0.2, 0) is 0 Å². The second-order valence-corrected chi connectivity index (χ2v) is 4.42. The normalized spacial score (nSPS) is 10.5. The minimum atomic E-state index is 1.08. The summed E-state index contributed by atoms with van der Waals surface area (Å²) in [5, 5.41) is 3.56. The van der Waals surface area contributed by atoms with Crippen LogP contribution in [0, 0.1) is 27.7 Å². The van der Waals surface area contributed by atoms with Gasteiger partial charge in [0.15, 0.2) is 0 Å². The monoisotopic (exact) mass is 205 g/mol. The second-order valence-electron chi connectivity index (χ2n) is 4.42. The zero-order chi connectivity index (χ0) is 11.4. The van der Waals surface area contributed by atoms with Crippen molar-refractivity contribution in [1.82, 2.24) is 0 Å². The van der Waals surface area contributed by atoms with Crippen molar-refractivity contribution in [3.8, 4) is 0 Å². The van der Waals surface area contributed by atoms with Gasteiger partial charge in [0.25, 0.3) is 0 Å². The van der Waals surface area contributed by atoms with Crippen LogP contribution in [0.4, 0.5) is 5.69 Å². The Bertz CT molecular complexity index is 313. The van der Waals surface area contributed by atoms with Gasteiger partial charge in [-0.2, -0.15) is 0 Å². The zero-order valence-electron chi connectivity index (χ0n) is 10.7. The van der Waals surface area contributed by atoms with E-state index in [4.69, 9.17) is 0 Å². The molecule has 84 valence electrons. The number of rotatable bonds is 4. The predicted molar refractivity (Wildman–Crippen MR) is 68.8 cm³/mol. The number of benzene rings is 1. The molecule has 0 fully saturated rings. The van der Waals surface area contributed by atoms with Gasteiger partial charge in [-0.15, -0.1) is 0 Å². The van der Waals surface area contributed by atoms with Crippen LogP contribution in [-0.4, -0.2) is 6.54 Å². The highest BCUT2D eigenvalue weighted by Gasteiger charge is 2.06. The molecule has 1 heteroatoms. The van der Waals surface area contributed by atoms with Crippen molar-refractivity contribution in [3.63, 3.8) is 0 Å². The van der Waals surface area contributed by atoms with Crippen LogP contribution in [0.15, 0.2) is 6.07 Å². The molecule has 0 aliphatic heterocycles. The molecule has 0 spiro atoms. The molecule has 1 aromatic rings. The summed E-state index contributed by atoms with van der Waals surface area (Å²) in [6, 6.07) is 2.27. The summed E-state index contributed by atoms with van der Waals surface area (Å²) in [5.74, 6) is 0. The summed E-state index contributed by atoms with van der Waals surface area (Å²) >= 11 is 0. The van der Waals surface area contributed by atoms with Crippen molar-refractivity contribution >= 4 is 5.69 Å². The molecule has 0 atom stereocenters. The molecule has 1 N–H and O–H groups in total. The van der Waals surface area contributed by atoms with Crippen molar-refractivity contribution in [1.29, 1.82) is 0 Å². The van der Waals surface area contributed by atoms with Gasteiger partial charge in [0.05, 0.1) is 0 Å². The number of hydrogen-bond donors (Lipinski definition) is 1. The Balaban J connectivity index is 2.94. The van der Waals surface area contributed by atoms with E-state index in [1.54, 1.807) is 0 Å². The lowest BCUT2D eigenvalue weighted by molar-refractivity contribution is 0.832. The molecular weight excluding hydrogens is 182 g/mol. The topological polar surface area (TPSA) is 12.0 Å². The molecule has 1 nitrogen and oxygen atoms in total. The first-order valence-corrected chi connectivity index (χ1v) is 5.89. The van der Waals surface area contributed by atoms with Crippen LogP contribution >= 0.6 is 0 Å². The van der Waals surface area contributed by atoms with Crippen molar-refractivity contribution in [2.24, 2.45) is 0 Å². The minimum Gasteiger partial charge on any atom is -0.385 e.